The first-order valence-corrected chi connectivity index (χ1v) is 8.40. The van der Waals surface area contributed by atoms with Crippen molar-refractivity contribution in [3.05, 3.63) is 23.8 Å². The van der Waals surface area contributed by atoms with E-state index in [9.17, 15) is 9.59 Å². The summed E-state index contributed by atoms with van der Waals surface area (Å²) in [5.74, 6) is 0.361. The maximum absolute atomic E-state index is 12.1. The maximum atomic E-state index is 12.1. The fourth-order valence-corrected chi connectivity index (χ4v) is 2.51. The first kappa shape index (κ1) is 17.3. The Labute approximate surface area is 137 Å². The number of benzene rings is 1. The lowest BCUT2D eigenvalue weighted by Crippen LogP contribution is -2.29. The predicted octanol–water partition coefficient (Wildman–Crippen LogP) is 3.46. The summed E-state index contributed by atoms with van der Waals surface area (Å²) in [6.45, 7) is 4.46. The fraction of sp³-hybridized carbons (Fsp3) is 0.556. The van der Waals surface area contributed by atoms with Crippen molar-refractivity contribution in [2.45, 2.75) is 58.5 Å². The van der Waals surface area contributed by atoms with E-state index in [0.29, 0.717) is 31.6 Å². The predicted molar refractivity (Wildman–Crippen MR) is 88.6 cm³/mol. The Kier molecular flexibility index (Phi) is 6.44. The third-order valence-corrected chi connectivity index (χ3v) is 3.88. The van der Waals surface area contributed by atoms with E-state index < -0.39 is 6.10 Å². The van der Waals surface area contributed by atoms with Gasteiger partial charge in [-0.1, -0.05) is 26.7 Å². The number of nitrogens with one attached hydrogen (secondary N) is 1. The molecule has 1 aromatic rings. The smallest absolute Gasteiger partial charge is 0.347 e. The highest BCUT2D eigenvalue weighted by molar-refractivity contribution is 5.94. The number of ether oxygens (including phenoxy) is 2. The van der Waals surface area contributed by atoms with Crippen LogP contribution in [0.2, 0.25) is 0 Å². The van der Waals surface area contributed by atoms with Crippen LogP contribution in [0.15, 0.2) is 18.2 Å². The van der Waals surface area contributed by atoms with E-state index >= 15 is 0 Å². The third-order valence-electron chi connectivity index (χ3n) is 3.88. The molecule has 1 N–H and O–H groups in total. The molecule has 5 heteroatoms. The Morgan fingerprint density at radius 2 is 2.09 bits per heavy atom. The van der Waals surface area contributed by atoms with Crippen molar-refractivity contribution >= 4 is 17.6 Å². The topological polar surface area (TPSA) is 64.6 Å². The zero-order valence-corrected chi connectivity index (χ0v) is 13.9. The van der Waals surface area contributed by atoms with Gasteiger partial charge in [-0.2, -0.15) is 0 Å². The Hall–Kier alpha value is -2.04. The van der Waals surface area contributed by atoms with E-state index in [1.807, 2.05) is 19.1 Å². The van der Waals surface area contributed by atoms with Gasteiger partial charge in [0.25, 0.3) is 0 Å². The van der Waals surface area contributed by atoms with Gasteiger partial charge in [0, 0.05) is 12.1 Å². The normalized spacial score (nSPS) is 14.6. The van der Waals surface area contributed by atoms with Crippen LogP contribution in [0.3, 0.4) is 0 Å². The van der Waals surface area contributed by atoms with Crippen molar-refractivity contribution in [1.29, 1.82) is 0 Å². The van der Waals surface area contributed by atoms with Gasteiger partial charge in [-0.3, -0.25) is 4.79 Å². The number of carbonyl (C=O) groups excluding carboxylic acids is 2. The molecule has 1 heterocycles. The van der Waals surface area contributed by atoms with E-state index in [1.165, 1.54) is 0 Å². The number of fused-ring (bicyclic) bond motifs is 1. The monoisotopic (exact) mass is 319 g/mol. The van der Waals surface area contributed by atoms with Gasteiger partial charge >= 0.3 is 5.97 Å². The standard InChI is InChI=1S/C18H25NO4/c1-3-5-6-11-22-18(21)16(4-2)23-14-8-9-15-13(12-14)7-10-17(20)19-15/h8-9,12,16H,3-7,10-11H2,1-2H3,(H,19,20). The molecule has 0 saturated heterocycles. The highest BCUT2D eigenvalue weighted by Crippen LogP contribution is 2.27. The van der Waals surface area contributed by atoms with Gasteiger partial charge in [0.15, 0.2) is 6.10 Å². The molecule has 0 radical (unpaired) electrons. The maximum Gasteiger partial charge on any atom is 0.347 e. The number of amides is 1. The average molecular weight is 319 g/mol. The first-order valence-electron chi connectivity index (χ1n) is 8.40. The fourth-order valence-electron chi connectivity index (χ4n) is 2.51. The highest BCUT2D eigenvalue weighted by Gasteiger charge is 2.21. The molecule has 0 fully saturated rings. The molecule has 126 valence electrons. The van der Waals surface area contributed by atoms with Crippen LogP contribution < -0.4 is 10.1 Å². The van der Waals surface area contributed by atoms with Crippen molar-refractivity contribution in [1.82, 2.24) is 0 Å². The van der Waals surface area contributed by atoms with Crippen LogP contribution in [0.1, 0.15) is 51.5 Å². The molecule has 23 heavy (non-hydrogen) atoms. The number of hydrogen-bond acceptors (Lipinski definition) is 4. The van der Waals surface area contributed by atoms with E-state index in [4.69, 9.17) is 9.47 Å². The lowest BCUT2D eigenvalue weighted by Gasteiger charge is -2.20. The van der Waals surface area contributed by atoms with E-state index in [-0.39, 0.29) is 11.9 Å². The zero-order chi connectivity index (χ0) is 16.7. The Morgan fingerprint density at radius 3 is 2.83 bits per heavy atom. The summed E-state index contributed by atoms with van der Waals surface area (Å²) in [5.41, 5.74) is 1.86. The van der Waals surface area contributed by atoms with Crippen molar-refractivity contribution < 1.29 is 19.1 Å². The number of hydrogen-bond donors (Lipinski definition) is 1. The summed E-state index contributed by atoms with van der Waals surface area (Å²) < 4.78 is 11.1. The number of anilines is 1. The van der Waals surface area contributed by atoms with Gasteiger partial charge in [0.2, 0.25) is 5.91 Å². The van der Waals surface area contributed by atoms with Gasteiger partial charge in [-0.25, -0.2) is 4.79 Å². The quantitative estimate of drug-likeness (QED) is 0.588. The van der Waals surface area contributed by atoms with Crippen LogP contribution in [0, 0.1) is 0 Å². The summed E-state index contributed by atoms with van der Waals surface area (Å²) in [6, 6.07) is 5.49. The Morgan fingerprint density at radius 1 is 1.26 bits per heavy atom. The molecule has 0 saturated carbocycles. The molecule has 5 nitrogen and oxygen atoms in total. The van der Waals surface area contributed by atoms with Gasteiger partial charge in [-0.05, 0) is 43.0 Å². The minimum absolute atomic E-state index is 0.0354. The molecule has 0 aliphatic carbocycles. The molecular weight excluding hydrogens is 294 g/mol. The number of carbonyl (C=O) groups is 2. The van der Waals surface area contributed by atoms with Gasteiger partial charge < -0.3 is 14.8 Å². The number of unbranched alkanes of at least 4 members (excludes halogenated alkanes) is 2. The van der Waals surface area contributed by atoms with Gasteiger partial charge in [0.05, 0.1) is 6.61 Å². The minimum atomic E-state index is -0.590. The van der Waals surface area contributed by atoms with Crippen LogP contribution in [-0.4, -0.2) is 24.6 Å². The number of esters is 1. The average Bonchev–Trinajstić information content (AvgIpc) is 2.56. The molecule has 0 aromatic heterocycles. The summed E-state index contributed by atoms with van der Waals surface area (Å²) in [4.78, 5) is 23.4. The number of aryl methyl sites for hydroxylation is 1. The van der Waals surface area contributed by atoms with E-state index in [2.05, 4.69) is 12.2 Å². The lowest BCUT2D eigenvalue weighted by atomic mass is 10.0. The molecule has 1 aliphatic rings. The molecule has 1 amide bonds. The molecular formula is C18H25NO4. The lowest BCUT2D eigenvalue weighted by molar-refractivity contribution is -0.152. The molecule has 1 atom stereocenters. The molecule has 1 unspecified atom stereocenters. The summed E-state index contributed by atoms with van der Waals surface area (Å²) in [5, 5.41) is 2.83. The second-order valence-corrected chi connectivity index (χ2v) is 5.76. The number of rotatable bonds is 8. The SMILES string of the molecule is CCCCCOC(=O)C(CC)Oc1ccc2c(c1)CCC(=O)N2. The second-order valence-electron chi connectivity index (χ2n) is 5.76. The van der Waals surface area contributed by atoms with Crippen LogP contribution >= 0.6 is 0 Å². The van der Waals surface area contributed by atoms with Gasteiger partial charge in [-0.15, -0.1) is 0 Å². The first-order chi connectivity index (χ1) is 11.1. The van der Waals surface area contributed by atoms with Crippen LogP contribution in [0.4, 0.5) is 5.69 Å². The molecule has 0 bridgehead atoms. The largest absolute Gasteiger partial charge is 0.479 e. The van der Waals surface area contributed by atoms with E-state index in [0.717, 1.165) is 30.5 Å². The van der Waals surface area contributed by atoms with Crippen LogP contribution in [0.25, 0.3) is 0 Å². The van der Waals surface area contributed by atoms with Crippen molar-refractivity contribution in [3.63, 3.8) is 0 Å². The molecule has 1 aromatic carbocycles. The Balaban J connectivity index is 1.93. The second kappa shape index (κ2) is 8.56. The van der Waals surface area contributed by atoms with E-state index in [1.54, 1.807) is 6.07 Å². The summed E-state index contributed by atoms with van der Waals surface area (Å²) >= 11 is 0. The van der Waals surface area contributed by atoms with Crippen molar-refractivity contribution in [2.24, 2.45) is 0 Å². The summed E-state index contributed by atoms with van der Waals surface area (Å²) in [6.07, 6.45) is 4.17. The molecule has 0 spiro atoms. The Bertz CT molecular complexity index is 556. The molecule has 2 rings (SSSR count). The van der Waals surface area contributed by atoms with Crippen molar-refractivity contribution in [2.75, 3.05) is 11.9 Å². The summed E-state index contributed by atoms with van der Waals surface area (Å²) in [7, 11) is 0. The minimum Gasteiger partial charge on any atom is -0.479 e. The van der Waals surface area contributed by atoms with Crippen LogP contribution in [0.5, 0.6) is 5.75 Å². The molecule has 1 aliphatic heterocycles. The van der Waals surface area contributed by atoms with Gasteiger partial charge in [0.1, 0.15) is 5.75 Å². The third kappa shape index (κ3) is 4.98. The van der Waals surface area contributed by atoms with Crippen LogP contribution in [-0.2, 0) is 20.7 Å². The highest BCUT2D eigenvalue weighted by atomic mass is 16.6. The zero-order valence-electron chi connectivity index (χ0n) is 13.9. The van der Waals surface area contributed by atoms with Crippen molar-refractivity contribution in [3.8, 4) is 5.75 Å².